The molecule has 29 heavy (non-hydrogen) atoms. The van der Waals surface area contributed by atoms with Gasteiger partial charge >= 0.3 is 5.97 Å². The standard InChI is InChI=1S/C23H18Br2N2O2/c1-29-21(28)14-27-22(15-6-3-2-4-7-15)19-13-18(25)10-11-20(19)26-23(27)16-8-5-9-17(24)12-16/h2-13,22H,14H2,1H3/t22-/m1/s1. The molecule has 146 valence electrons. The predicted octanol–water partition coefficient (Wildman–Crippen LogP) is 5.87. The van der Waals surface area contributed by atoms with E-state index in [9.17, 15) is 4.79 Å². The lowest BCUT2D eigenvalue weighted by atomic mass is 9.93. The highest BCUT2D eigenvalue weighted by molar-refractivity contribution is 9.10. The molecule has 6 heteroatoms. The summed E-state index contributed by atoms with van der Waals surface area (Å²) in [5, 5.41) is 0. The van der Waals surface area contributed by atoms with Gasteiger partial charge in [-0.25, -0.2) is 4.99 Å². The fourth-order valence-corrected chi connectivity index (χ4v) is 4.32. The van der Waals surface area contributed by atoms with Crippen LogP contribution >= 0.6 is 31.9 Å². The van der Waals surface area contributed by atoms with Crippen molar-refractivity contribution < 1.29 is 9.53 Å². The topological polar surface area (TPSA) is 41.9 Å². The van der Waals surface area contributed by atoms with Crippen molar-refractivity contribution in [2.75, 3.05) is 13.7 Å². The number of carbonyl (C=O) groups excluding carboxylic acids is 1. The lowest BCUT2D eigenvalue weighted by Gasteiger charge is -2.38. The minimum atomic E-state index is -0.313. The molecule has 3 aromatic carbocycles. The molecule has 0 aliphatic carbocycles. The maximum Gasteiger partial charge on any atom is 0.325 e. The molecular weight excluding hydrogens is 496 g/mol. The number of carbonyl (C=O) groups is 1. The third-order valence-electron chi connectivity index (χ3n) is 4.82. The number of hydrogen-bond donors (Lipinski definition) is 0. The number of rotatable bonds is 4. The molecule has 1 atom stereocenters. The van der Waals surface area contributed by atoms with Crippen LogP contribution in [0.5, 0.6) is 0 Å². The summed E-state index contributed by atoms with van der Waals surface area (Å²) in [6.07, 6.45) is 0. The summed E-state index contributed by atoms with van der Waals surface area (Å²) >= 11 is 7.12. The van der Waals surface area contributed by atoms with Gasteiger partial charge in [-0.05, 0) is 35.9 Å². The van der Waals surface area contributed by atoms with Crippen molar-refractivity contribution in [3.8, 4) is 0 Å². The van der Waals surface area contributed by atoms with Crippen molar-refractivity contribution in [2.24, 2.45) is 4.99 Å². The van der Waals surface area contributed by atoms with Crippen LogP contribution in [0.15, 0.2) is 86.7 Å². The predicted molar refractivity (Wildman–Crippen MR) is 121 cm³/mol. The Morgan fingerprint density at radius 1 is 1.00 bits per heavy atom. The van der Waals surface area contributed by atoms with Crippen molar-refractivity contribution >= 4 is 49.4 Å². The molecule has 4 rings (SSSR count). The number of ether oxygens (including phenoxy) is 1. The Hall–Kier alpha value is -2.44. The molecule has 0 unspecified atom stereocenters. The first-order valence-corrected chi connectivity index (χ1v) is 10.7. The van der Waals surface area contributed by atoms with Crippen molar-refractivity contribution in [1.29, 1.82) is 0 Å². The molecule has 0 saturated carbocycles. The van der Waals surface area contributed by atoms with Crippen molar-refractivity contribution in [1.82, 2.24) is 4.90 Å². The normalized spacial score (nSPS) is 15.5. The van der Waals surface area contributed by atoms with Gasteiger partial charge in [-0.1, -0.05) is 74.3 Å². The van der Waals surface area contributed by atoms with Crippen LogP contribution in [0.25, 0.3) is 0 Å². The minimum absolute atomic E-state index is 0.0906. The van der Waals surface area contributed by atoms with E-state index in [1.165, 1.54) is 7.11 Å². The van der Waals surface area contributed by atoms with Gasteiger partial charge in [-0.3, -0.25) is 4.79 Å². The summed E-state index contributed by atoms with van der Waals surface area (Å²) in [5.74, 6) is 0.424. The Morgan fingerprint density at radius 2 is 1.76 bits per heavy atom. The Kier molecular flexibility index (Phi) is 5.83. The smallest absolute Gasteiger partial charge is 0.325 e. The van der Waals surface area contributed by atoms with Gasteiger partial charge in [-0.15, -0.1) is 0 Å². The van der Waals surface area contributed by atoms with E-state index in [1.807, 2.05) is 59.5 Å². The zero-order valence-corrected chi connectivity index (χ0v) is 18.9. The van der Waals surface area contributed by atoms with E-state index in [0.29, 0.717) is 0 Å². The van der Waals surface area contributed by atoms with Crippen LogP contribution in [0.3, 0.4) is 0 Å². The van der Waals surface area contributed by atoms with Crippen LogP contribution in [0.2, 0.25) is 0 Å². The van der Waals surface area contributed by atoms with E-state index in [-0.39, 0.29) is 18.6 Å². The van der Waals surface area contributed by atoms with Gasteiger partial charge in [0.25, 0.3) is 0 Å². The van der Waals surface area contributed by atoms with E-state index in [1.54, 1.807) is 0 Å². The van der Waals surface area contributed by atoms with E-state index in [0.717, 1.165) is 37.2 Å². The molecule has 0 radical (unpaired) electrons. The van der Waals surface area contributed by atoms with E-state index in [2.05, 4.69) is 50.1 Å². The zero-order valence-electron chi connectivity index (χ0n) is 15.7. The quantitative estimate of drug-likeness (QED) is 0.410. The number of amidine groups is 1. The second-order valence-corrected chi connectivity index (χ2v) is 8.50. The number of esters is 1. The van der Waals surface area contributed by atoms with Crippen molar-refractivity contribution in [3.05, 3.63) is 98.4 Å². The van der Waals surface area contributed by atoms with Crippen molar-refractivity contribution in [2.45, 2.75) is 6.04 Å². The van der Waals surface area contributed by atoms with Gasteiger partial charge in [0.05, 0.1) is 18.8 Å². The number of halogens is 2. The molecule has 1 aliphatic rings. The van der Waals surface area contributed by atoms with Crippen LogP contribution < -0.4 is 0 Å². The number of fused-ring (bicyclic) bond motifs is 1. The highest BCUT2D eigenvalue weighted by Crippen LogP contribution is 2.41. The molecule has 0 aromatic heterocycles. The number of aliphatic imine (C=N–C) groups is 1. The Labute approximate surface area is 186 Å². The van der Waals surface area contributed by atoms with Crippen molar-refractivity contribution in [3.63, 3.8) is 0 Å². The molecule has 0 saturated heterocycles. The van der Waals surface area contributed by atoms with Crippen LogP contribution in [0.1, 0.15) is 22.7 Å². The van der Waals surface area contributed by atoms with Gasteiger partial charge < -0.3 is 9.64 Å². The van der Waals surface area contributed by atoms with Crippen LogP contribution in [-0.4, -0.2) is 30.4 Å². The zero-order chi connectivity index (χ0) is 20.4. The summed E-state index contributed by atoms with van der Waals surface area (Å²) in [5.41, 5.74) is 3.93. The molecule has 0 amide bonds. The van der Waals surface area contributed by atoms with E-state index >= 15 is 0 Å². The number of methoxy groups -OCH3 is 1. The average Bonchev–Trinajstić information content (AvgIpc) is 2.73. The van der Waals surface area contributed by atoms with Gasteiger partial charge in [0, 0.05) is 20.1 Å². The highest BCUT2D eigenvalue weighted by atomic mass is 79.9. The minimum Gasteiger partial charge on any atom is -0.468 e. The van der Waals surface area contributed by atoms with Crippen LogP contribution in [0, 0.1) is 0 Å². The largest absolute Gasteiger partial charge is 0.468 e. The third-order valence-corrected chi connectivity index (χ3v) is 5.81. The second-order valence-electron chi connectivity index (χ2n) is 6.67. The lowest BCUT2D eigenvalue weighted by molar-refractivity contribution is -0.141. The molecule has 1 aliphatic heterocycles. The fraction of sp³-hybridized carbons (Fsp3) is 0.130. The van der Waals surface area contributed by atoms with Crippen LogP contribution in [-0.2, 0) is 9.53 Å². The summed E-state index contributed by atoms with van der Waals surface area (Å²) in [7, 11) is 1.41. The number of nitrogens with zero attached hydrogens (tertiary/aromatic N) is 2. The van der Waals surface area contributed by atoms with Gasteiger partial charge in [-0.2, -0.15) is 0 Å². The Morgan fingerprint density at radius 3 is 2.48 bits per heavy atom. The molecule has 1 heterocycles. The number of hydrogen-bond acceptors (Lipinski definition) is 4. The molecule has 0 bridgehead atoms. The summed E-state index contributed by atoms with van der Waals surface area (Å²) in [4.78, 5) is 19.3. The Balaban J connectivity index is 1.95. The molecular formula is C23H18Br2N2O2. The summed E-state index contributed by atoms with van der Waals surface area (Å²) < 4.78 is 6.92. The summed E-state index contributed by atoms with van der Waals surface area (Å²) in [6.45, 7) is 0.0906. The SMILES string of the molecule is COC(=O)CN1C(c2cccc(Br)c2)=Nc2ccc(Br)cc2[C@H]1c1ccccc1. The van der Waals surface area contributed by atoms with E-state index in [4.69, 9.17) is 9.73 Å². The van der Waals surface area contributed by atoms with Gasteiger partial charge in [0.15, 0.2) is 0 Å². The fourth-order valence-electron chi connectivity index (χ4n) is 3.54. The first-order chi connectivity index (χ1) is 14.1. The molecule has 4 nitrogen and oxygen atoms in total. The van der Waals surface area contributed by atoms with Gasteiger partial charge in [0.1, 0.15) is 12.4 Å². The molecule has 0 spiro atoms. The molecule has 0 fully saturated rings. The Bertz CT molecular complexity index is 1080. The first-order valence-electron chi connectivity index (χ1n) is 9.09. The highest BCUT2D eigenvalue weighted by Gasteiger charge is 2.33. The average molecular weight is 514 g/mol. The molecule has 0 N–H and O–H groups in total. The van der Waals surface area contributed by atoms with E-state index < -0.39 is 0 Å². The van der Waals surface area contributed by atoms with Gasteiger partial charge in [0.2, 0.25) is 0 Å². The molecule has 3 aromatic rings. The monoisotopic (exact) mass is 512 g/mol. The second kappa shape index (κ2) is 8.51. The lowest BCUT2D eigenvalue weighted by Crippen LogP contribution is -2.42. The third kappa shape index (κ3) is 4.14. The maximum atomic E-state index is 12.3. The number of benzene rings is 3. The summed E-state index contributed by atoms with van der Waals surface area (Å²) in [6, 6.07) is 24.0. The van der Waals surface area contributed by atoms with Crippen LogP contribution in [0.4, 0.5) is 5.69 Å². The first kappa shape index (κ1) is 19.9. The maximum absolute atomic E-state index is 12.3.